The predicted molar refractivity (Wildman–Crippen MR) is 167 cm³/mol. The highest BCUT2D eigenvalue weighted by atomic mass is 127. The van der Waals surface area contributed by atoms with Crippen molar-refractivity contribution in [1.82, 2.24) is 0 Å². The fraction of sp³-hybridized carbons (Fsp3) is 0.0857. The van der Waals surface area contributed by atoms with Crippen LogP contribution in [0.5, 0.6) is 0 Å². The van der Waals surface area contributed by atoms with E-state index < -0.39 is 0 Å². The van der Waals surface area contributed by atoms with Crippen LogP contribution in [0.4, 0.5) is 0 Å². The molecule has 0 atom stereocenters. The first-order valence-electron chi connectivity index (χ1n) is 13.1. The van der Waals surface area contributed by atoms with Gasteiger partial charge in [0.15, 0.2) is 18.1 Å². The van der Waals surface area contributed by atoms with E-state index in [1.807, 2.05) is 0 Å². The second kappa shape index (κ2) is 8.08. The van der Waals surface area contributed by atoms with Gasteiger partial charge in [0.25, 0.3) is 0 Å². The summed E-state index contributed by atoms with van der Waals surface area (Å²) in [7, 11) is 0. The number of aromatic nitrogens is 2. The molecule has 1 aliphatic rings. The van der Waals surface area contributed by atoms with E-state index in [4.69, 9.17) is 0 Å². The summed E-state index contributed by atoms with van der Waals surface area (Å²) in [5, 5.41) is 9.56. The Hall–Kier alpha value is -3.83. The van der Waals surface area contributed by atoms with Crippen molar-refractivity contribution in [3.8, 4) is 11.3 Å². The van der Waals surface area contributed by atoms with Crippen LogP contribution < -0.4 is 7.35 Å². The lowest BCUT2D eigenvalue weighted by Gasteiger charge is -2.21. The molecule has 0 bridgehead atoms. The molecule has 0 spiro atoms. The van der Waals surface area contributed by atoms with Gasteiger partial charge >= 0.3 is 22.9 Å². The molecule has 0 amide bonds. The molecule has 180 valence electrons. The maximum absolute atomic E-state index is 2.45. The van der Waals surface area contributed by atoms with Gasteiger partial charge in [-0.2, -0.15) is 4.57 Å². The standard InChI is InChI=1S/C35H25IN2/c1-21-14-16-38(36)31(17-21)27-9-4-3-7-24(27)19-26-20-30-22(2)18-25-13-12-23-8-5-10-28-29-11-6-15-37(26)35(29)34(30)33(25)32(23)28/h3-19H,20H2,1-2H3/q+2/b26-19-. The summed E-state index contributed by atoms with van der Waals surface area (Å²) in [6, 6.07) is 31.4. The fourth-order valence-corrected chi connectivity index (χ4v) is 7.15. The van der Waals surface area contributed by atoms with Crippen molar-refractivity contribution in [2.45, 2.75) is 20.3 Å². The monoisotopic (exact) mass is 600 g/mol. The number of benzene rings is 5. The molecule has 5 aromatic carbocycles. The topological polar surface area (TPSA) is 7.76 Å². The number of fused-ring (bicyclic) bond motifs is 1. The van der Waals surface area contributed by atoms with Gasteiger partial charge in [-0.15, -0.1) is 2.78 Å². The van der Waals surface area contributed by atoms with Crippen molar-refractivity contribution in [2.75, 3.05) is 0 Å². The first-order valence-corrected chi connectivity index (χ1v) is 14.1. The molecule has 3 heterocycles. The van der Waals surface area contributed by atoms with E-state index >= 15 is 0 Å². The number of hydrogen-bond acceptors (Lipinski definition) is 0. The fourth-order valence-electron chi connectivity index (χ4n) is 6.59. The Morgan fingerprint density at radius 1 is 0.737 bits per heavy atom. The Bertz CT molecular complexity index is 2140. The second-order valence-corrected chi connectivity index (χ2v) is 11.6. The highest BCUT2D eigenvalue weighted by Crippen LogP contribution is 2.44. The lowest BCUT2D eigenvalue weighted by molar-refractivity contribution is -0.553. The van der Waals surface area contributed by atoms with E-state index in [2.05, 4.69) is 147 Å². The van der Waals surface area contributed by atoms with E-state index in [9.17, 15) is 0 Å². The third-order valence-corrected chi connectivity index (χ3v) is 9.13. The van der Waals surface area contributed by atoms with Crippen molar-refractivity contribution < 1.29 is 7.35 Å². The van der Waals surface area contributed by atoms with Gasteiger partial charge in [-0.1, -0.05) is 54.6 Å². The molecule has 8 rings (SSSR count). The van der Waals surface area contributed by atoms with Crippen LogP contribution in [0.2, 0.25) is 0 Å². The number of nitrogens with zero attached hydrogens (tertiary/aromatic N) is 2. The van der Waals surface area contributed by atoms with Crippen LogP contribution in [-0.4, -0.2) is 0 Å². The minimum Gasteiger partial charge on any atom is -0.163 e. The van der Waals surface area contributed by atoms with Gasteiger partial charge in [-0.05, 0) is 69.8 Å². The first-order chi connectivity index (χ1) is 18.6. The summed E-state index contributed by atoms with van der Waals surface area (Å²) in [5.41, 5.74) is 10.4. The third kappa shape index (κ3) is 3.05. The van der Waals surface area contributed by atoms with Crippen LogP contribution in [0, 0.1) is 13.8 Å². The molecule has 38 heavy (non-hydrogen) atoms. The number of hydrogen-bond donors (Lipinski definition) is 0. The van der Waals surface area contributed by atoms with Gasteiger partial charge in [-0.25, -0.2) is 0 Å². The average molecular weight is 601 g/mol. The third-order valence-electron chi connectivity index (χ3n) is 8.29. The van der Waals surface area contributed by atoms with Crippen molar-refractivity contribution in [3.05, 3.63) is 120 Å². The Balaban J connectivity index is 1.48. The SMILES string of the molecule is Cc1cc[n+](I)c(-c2ccccc2/C=C2/Cc3c(C)cc4ccc5cccc6c7ccc[n+]2c7c3c4c56)c1. The van der Waals surface area contributed by atoms with E-state index in [-0.39, 0.29) is 0 Å². The molecule has 0 fully saturated rings. The van der Waals surface area contributed by atoms with Gasteiger partial charge in [-0.3, -0.25) is 0 Å². The van der Waals surface area contributed by atoms with Crippen LogP contribution in [0.25, 0.3) is 66.3 Å². The molecular weight excluding hydrogens is 575 g/mol. The van der Waals surface area contributed by atoms with E-state index in [1.165, 1.54) is 82.4 Å². The van der Waals surface area contributed by atoms with Gasteiger partial charge in [0.05, 0.1) is 22.8 Å². The molecule has 0 unspecified atom stereocenters. The Morgan fingerprint density at radius 2 is 1.58 bits per heavy atom. The summed E-state index contributed by atoms with van der Waals surface area (Å²) in [5.74, 6) is 0. The van der Waals surface area contributed by atoms with Crippen LogP contribution >= 0.6 is 22.9 Å². The number of rotatable bonds is 2. The van der Waals surface area contributed by atoms with Crippen LogP contribution in [0.3, 0.4) is 0 Å². The van der Waals surface area contributed by atoms with Gasteiger partial charge in [0.1, 0.15) is 0 Å². The van der Waals surface area contributed by atoms with Crippen molar-refractivity contribution in [2.24, 2.45) is 0 Å². The quantitative estimate of drug-likeness (QED) is 0.0816. The second-order valence-electron chi connectivity index (χ2n) is 10.6. The molecule has 0 radical (unpaired) electrons. The van der Waals surface area contributed by atoms with E-state index in [0.29, 0.717) is 0 Å². The summed E-state index contributed by atoms with van der Waals surface area (Å²) in [6.45, 7) is 4.44. The van der Waals surface area contributed by atoms with Crippen molar-refractivity contribution >= 4 is 77.9 Å². The smallest absolute Gasteiger partial charge is 0.163 e. The van der Waals surface area contributed by atoms with Gasteiger partial charge in [0.2, 0.25) is 11.2 Å². The van der Waals surface area contributed by atoms with Crippen LogP contribution in [0.15, 0.2) is 97.3 Å². The number of allylic oxidation sites excluding steroid dienone is 1. The minimum absolute atomic E-state index is 0.906. The first kappa shape index (κ1) is 22.2. The Kier molecular flexibility index (Phi) is 4.72. The number of pyridine rings is 2. The summed E-state index contributed by atoms with van der Waals surface area (Å²) in [4.78, 5) is 0. The summed E-state index contributed by atoms with van der Waals surface area (Å²) < 4.78 is 4.64. The van der Waals surface area contributed by atoms with E-state index in [1.54, 1.807) is 0 Å². The van der Waals surface area contributed by atoms with Crippen LogP contribution in [-0.2, 0) is 6.42 Å². The molecule has 7 aromatic rings. The zero-order chi connectivity index (χ0) is 25.5. The minimum atomic E-state index is 0.906. The van der Waals surface area contributed by atoms with Gasteiger partial charge < -0.3 is 0 Å². The molecule has 1 aliphatic heterocycles. The van der Waals surface area contributed by atoms with Crippen molar-refractivity contribution in [3.63, 3.8) is 0 Å². The normalized spacial score (nSPS) is 14.1. The maximum atomic E-state index is 2.45. The zero-order valence-corrected chi connectivity index (χ0v) is 23.5. The molecule has 3 heteroatoms. The molecule has 2 nitrogen and oxygen atoms in total. The molecule has 0 aliphatic carbocycles. The lowest BCUT2D eigenvalue weighted by atomic mass is 9.84. The maximum Gasteiger partial charge on any atom is 0.354 e. The predicted octanol–water partition coefficient (Wildman–Crippen LogP) is 8.35. The average Bonchev–Trinajstić information content (AvgIpc) is 2.94. The van der Waals surface area contributed by atoms with Crippen molar-refractivity contribution in [1.29, 1.82) is 0 Å². The summed E-state index contributed by atoms with van der Waals surface area (Å²) in [6.07, 6.45) is 7.70. The van der Waals surface area contributed by atoms with E-state index in [0.717, 1.165) is 6.42 Å². The number of halogens is 1. The largest absolute Gasteiger partial charge is 0.354 e. The highest BCUT2D eigenvalue weighted by molar-refractivity contribution is 14.1. The Labute approximate surface area is 235 Å². The Morgan fingerprint density at radius 3 is 2.50 bits per heavy atom. The zero-order valence-electron chi connectivity index (χ0n) is 21.3. The number of aryl methyl sites for hydroxylation is 2. The molecule has 2 aromatic heterocycles. The lowest BCUT2D eigenvalue weighted by Crippen LogP contribution is -2.36. The molecule has 0 N–H and O–H groups in total. The molecule has 0 saturated carbocycles. The molecule has 0 saturated heterocycles. The van der Waals surface area contributed by atoms with Gasteiger partial charge in [0, 0.05) is 29.7 Å². The summed E-state index contributed by atoms with van der Waals surface area (Å²) >= 11 is 2.39. The molecular formula is C35H25IN2+2. The van der Waals surface area contributed by atoms with Crippen LogP contribution in [0.1, 0.15) is 22.3 Å². The highest BCUT2D eigenvalue weighted by Gasteiger charge is 2.30.